The Morgan fingerprint density at radius 3 is 2.48 bits per heavy atom. The number of halogens is 3. The maximum Gasteiger partial charge on any atom is 0.416 e. The number of fused-ring (bicyclic) bond motifs is 1. The van der Waals surface area contributed by atoms with Gasteiger partial charge in [0, 0.05) is 12.6 Å². The van der Waals surface area contributed by atoms with Gasteiger partial charge in [-0.1, -0.05) is 18.2 Å². The zero-order valence-corrected chi connectivity index (χ0v) is 17.6. The fraction of sp³-hybridized carbons (Fsp3) is 0.304. The van der Waals surface area contributed by atoms with Gasteiger partial charge in [-0.05, 0) is 62.8 Å². The van der Waals surface area contributed by atoms with Gasteiger partial charge in [-0.25, -0.2) is 0 Å². The van der Waals surface area contributed by atoms with E-state index in [9.17, 15) is 22.8 Å². The molecule has 0 radical (unpaired) electrons. The first-order valence-electron chi connectivity index (χ1n) is 9.64. The Morgan fingerprint density at radius 1 is 1.13 bits per heavy atom. The summed E-state index contributed by atoms with van der Waals surface area (Å²) in [7, 11) is 3.41. The van der Waals surface area contributed by atoms with Gasteiger partial charge in [-0.2, -0.15) is 13.2 Å². The standard InChI is InChI=1S/C23H23F3N2O3/c1-13-8-14(2)21-17(9-13)19(29)11-20(31-21)22(30)27-12-18(28(3)4)15-6-5-7-16(10-15)23(24,25)26/h5-11,18H,12H2,1-4H3,(H,27,30). The molecular formula is C23H23F3N2O3. The lowest BCUT2D eigenvalue weighted by atomic mass is 10.0. The van der Waals surface area contributed by atoms with Crippen LogP contribution in [0.25, 0.3) is 11.0 Å². The third-order valence-electron chi connectivity index (χ3n) is 5.06. The summed E-state index contributed by atoms with van der Waals surface area (Å²) in [6, 6.07) is 9.15. The first-order chi connectivity index (χ1) is 14.5. The van der Waals surface area contributed by atoms with E-state index in [0.717, 1.165) is 29.3 Å². The molecule has 0 spiro atoms. The highest BCUT2D eigenvalue weighted by molar-refractivity contribution is 5.93. The van der Waals surface area contributed by atoms with Crippen molar-refractivity contribution in [2.24, 2.45) is 0 Å². The molecule has 0 saturated carbocycles. The summed E-state index contributed by atoms with van der Waals surface area (Å²) in [6.07, 6.45) is -4.46. The molecule has 31 heavy (non-hydrogen) atoms. The minimum atomic E-state index is -4.46. The van der Waals surface area contributed by atoms with E-state index in [1.807, 2.05) is 13.0 Å². The Labute approximate surface area is 177 Å². The fourth-order valence-electron chi connectivity index (χ4n) is 3.52. The molecule has 0 saturated heterocycles. The molecule has 1 amide bonds. The Hall–Kier alpha value is -3.13. The number of rotatable bonds is 5. The molecule has 1 aromatic heterocycles. The third-order valence-corrected chi connectivity index (χ3v) is 5.06. The van der Waals surface area contributed by atoms with Crippen LogP contribution in [-0.4, -0.2) is 31.4 Å². The maximum atomic E-state index is 13.1. The first-order valence-corrected chi connectivity index (χ1v) is 9.64. The number of likely N-dealkylation sites (N-methyl/N-ethyl adjacent to an activating group) is 1. The molecule has 8 heteroatoms. The molecule has 0 aliphatic heterocycles. The summed E-state index contributed by atoms with van der Waals surface area (Å²) in [5, 5.41) is 3.06. The number of amides is 1. The van der Waals surface area contributed by atoms with Crippen LogP contribution in [0.2, 0.25) is 0 Å². The molecule has 0 bridgehead atoms. The van der Waals surface area contributed by atoms with Gasteiger partial charge < -0.3 is 14.6 Å². The number of aryl methyl sites for hydroxylation is 2. The Morgan fingerprint density at radius 2 is 1.84 bits per heavy atom. The average Bonchev–Trinajstić information content (AvgIpc) is 2.68. The van der Waals surface area contributed by atoms with E-state index in [0.29, 0.717) is 16.5 Å². The lowest BCUT2D eigenvalue weighted by Gasteiger charge is -2.25. The van der Waals surface area contributed by atoms with Gasteiger partial charge in [0.15, 0.2) is 11.2 Å². The van der Waals surface area contributed by atoms with Crippen LogP contribution < -0.4 is 10.7 Å². The Kier molecular flexibility index (Phi) is 6.22. The van der Waals surface area contributed by atoms with Gasteiger partial charge in [-0.15, -0.1) is 0 Å². The largest absolute Gasteiger partial charge is 0.450 e. The minimum Gasteiger partial charge on any atom is -0.450 e. The van der Waals surface area contributed by atoms with Crippen molar-refractivity contribution in [3.63, 3.8) is 0 Å². The van der Waals surface area contributed by atoms with Crippen LogP contribution in [0, 0.1) is 13.8 Å². The molecule has 0 fully saturated rings. The lowest BCUT2D eigenvalue weighted by molar-refractivity contribution is -0.137. The average molecular weight is 432 g/mol. The van der Waals surface area contributed by atoms with E-state index < -0.39 is 23.7 Å². The molecule has 3 rings (SSSR count). The number of benzene rings is 2. The quantitative estimate of drug-likeness (QED) is 0.647. The van der Waals surface area contributed by atoms with Gasteiger partial charge in [0.2, 0.25) is 0 Å². The predicted octanol–water partition coefficient (Wildman–Crippen LogP) is 4.46. The van der Waals surface area contributed by atoms with Crippen molar-refractivity contribution in [1.29, 1.82) is 0 Å². The summed E-state index contributed by atoms with van der Waals surface area (Å²) < 4.78 is 44.9. The van der Waals surface area contributed by atoms with Gasteiger partial charge in [0.05, 0.1) is 17.0 Å². The number of hydrogen-bond acceptors (Lipinski definition) is 4. The van der Waals surface area contributed by atoms with E-state index in [-0.39, 0.29) is 17.7 Å². The molecular weight excluding hydrogens is 409 g/mol. The van der Waals surface area contributed by atoms with Crippen LogP contribution in [0.15, 0.2) is 51.7 Å². The summed E-state index contributed by atoms with van der Waals surface area (Å²) in [6.45, 7) is 3.68. The van der Waals surface area contributed by atoms with Gasteiger partial charge in [-0.3, -0.25) is 9.59 Å². The Balaban J connectivity index is 1.85. The highest BCUT2D eigenvalue weighted by atomic mass is 19.4. The van der Waals surface area contributed by atoms with Crippen molar-refractivity contribution in [3.8, 4) is 0 Å². The zero-order valence-electron chi connectivity index (χ0n) is 17.6. The predicted molar refractivity (Wildman–Crippen MR) is 112 cm³/mol. The molecule has 5 nitrogen and oxygen atoms in total. The summed E-state index contributed by atoms with van der Waals surface area (Å²) in [5.74, 6) is -0.760. The highest BCUT2D eigenvalue weighted by Crippen LogP contribution is 2.31. The van der Waals surface area contributed by atoms with E-state index in [2.05, 4.69) is 5.32 Å². The number of nitrogens with one attached hydrogen (secondary N) is 1. The van der Waals surface area contributed by atoms with Crippen LogP contribution in [0.1, 0.15) is 38.9 Å². The summed E-state index contributed by atoms with van der Waals surface area (Å²) in [4.78, 5) is 26.8. The molecule has 3 aromatic rings. The van der Waals surface area contributed by atoms with E-state index in [1.165, 1.54) is 6.07 Å². The zero-order chi connectivity index (χ0) is 22.9. The molecule has 1 heterocycles. The lowest BCUT2D eigenvalue weighted by Crippen LogP contribution is -2.35. The van der Waals surface area contributed by atoms with Gasteiger partial charge in [0.25, 0.3) is 5.91 Å². The van der Waals surface area contributed by atoms with Crippen LogP contribution in [0.4, 0.5) is 13.2 Å². The minimum absolute atomic E-state index is 0.0295. The third kappa shape index (κ3) is 4.96. The van der Waals surface area contributed by atoms with Gasteiger partial charge >= 0.3 is 6.18 Å². The second-order valence-corrected chi connectivity index (χ2v) is 7.75. The van der Waals surface area contributed by atoms with E-state index in [4.69, 9.17) is 4.42 Å². The smallest absolute Gasteiger partial charge is 0.416 e. The molecule has 0 aliphatic carbocycles. The van der Waals surface area contributed by atoms with E-state index >= 15 is 0 Å². The summed E-state index contributed by atoms with van der Waals surface area (Å²) >= 11 is 0. The monoisotopic (exact) mass is 432 g/mol. The number of alkyl halides is 3. The van der Waals surface area contributed by atoms with Crippen LogP contribution in [0.3, 0.4) is 0 Å². The van der Waals surface area contributed by atoms with Gasteiger partial charge in [0.1, 0.15) is 5.58 Å². The maximum absolute atomic E-state index is 13.1. The number of hydrogen-bond donors (Lipinski definition) is 1. The second kappa shape index (κ2) is 8.55. The SMILES string of the molecule is Cc1cc(C)c2oc(C(=O)NCC(c3cccc(C(F)(F)F)c3)N(C)C)cc(=O)c2c1. The van der Waals surface area contributed by atoms with Crippen LogP contribution >= 0.6 is 0 Å². The molecule has 1 N–H and O–H groups in total. The van der Waals surface area contributed by atoms with Crippen molar-refractivity contribution in [2.45, 2.75) is 26.1 Å². The second-order valence-electron chi connectivity index (χ2n) is 7.75. The van der Waals surface area contributed by atoms with Crippen molar-refractivity contribution in [1.82, 2.24) is 10.2 Å². The van der Waals surface area contributed by atoms with Crippen molar-refractivity contribution < 1.29 is 22.4 Å². The van der Waals surface area contributed by atoms with E-state index in [1.54, 1.807) is 38.1 Å². The van der Waals surface area contributed by atoms with Crippen LogP contribution in [-0.2, 0) is 6.18 Å². The normalized spacial score (nSPS) is 12.9. The molecule has 0 aliphatic rings. The van der Waals surface area contributed by atoms with Crippen molar-refractivity contribution >= 4 is 16.9 Å². The number of nitrogens with zero attached hydrogens (tertiary/aromatic N) is 1. The summed E-state index contributed by atoms with van der Waals surface area (Å²) in [5.41, 5.74) is 1.30. The van der Waals surface area contributed by atoms with Crippen molar-refractivity contribution in [3.05, 3.63) is 80.7 Å². The number of carbonyl (C=O) groups excluding carboxylic acids is 1. The molecule has 1 unspecified atom stereocenters. The first kappa shape index (κ1) is 22.6. The molecule has 2 aromatic carbocycles. The van der Waals surface area contributed by atoms with Crippen molar-refractivity contribution in [2.75, 3.05) is 20.6 Å². The number of carbonyl (C=O) groups is 1. The topological polar surface area (TPSA) is 62.6 Å². The fourth-order valence-corrected chi connectivity index (χ4v) is 3.52. The molecule has 1 atom stereocenters. The molecule has 164 valence electrons. The highest BCUT2D eigenvalue weighted by Gasteiger charge is 2.31. The Bertz CT molecular complexity index is 1180. The van der Waals surface area contributed by atoms with Crippen LogP contribution in [0.5, 0.6) is 0 Å².